The molecule has 0 aliphatic rings. The second kappa shape index (κ2) is 30.6. The second-order valence-corrected chi connectivity index (χ2v) is 10.8. The van der Waals surface area contributed by atoms with Gasteiger partial charge in [0.1, 0.15) is 19.3 Å². The van der Waals surface area contributed by atoms with Crippen LogP contribution in [0.3, 0.4) is 0 Å². The second-order valence-electron chi connectivity index (χ2n) is 10.8. The monoisotopic (exact) mass is 644 g/mol. The quantitative estimate of drug-likeness (QED) is 0.0430. The highest BCUT2D eigenvalue weighted by Crippen LogP contribution is 2.05. The molecule has 45 heavy (non-hydrogen) atoms. The molecule has 0 bridgehead atoms. The fourth-order valence-electron chi connectivity index (χ4n) is 4.25. The summed E-state index contributed by atoms with van der Waals surface area (Å²) in [5, 5.41) is 15.8. The molecule has 0 aliphatic carbocycles. The summed E-state index contributed by atoms with van der Waals surface area (Å²) in [6.45, 7) is 6.12. The van der Waals surface area contributed by atoms with Crippen molar-refractivity contribution in [1.29, 1.82) is 0 Å². The molecule has 14 heteroatoms. The van der Waals surface area contributed by atoms with Crippen molar-refractivity contribution in [3.63, 3.8) is 0 Å². The van der Waals surface area contributed by atoms with Gasteiger partial charge in [-0.05, 0) is 32.1 Å². The van der Waals surface area contributed by atoms with Gasteiger partial charge in [0.2, 0.25) is 0 Å². The van der Waals surface area contributed by atoms with E-state index in [1.807, 2.05) is 0 Å². The van der Waals surface area contributed by atoms with Gasteiger partial charge in [-0.15, -0.1) is 0 Å². The minimum Gasteiger partial charge on any atom is -0.467 e. The third-order valence-corrected chi connectivity index (χ3v) is 6.84. The van der Waals surface area contributed by atoms with E-state index in [1.54, 1.807) is 0 Å². The molecule has 262 valence electrons. The predicted octanol–water partition coefficient (Wildman–Crippen LogP) is 4.47. The Balaban J connectivity index is 3.90. The highest BCUT2D eigenvalue weighted by atomic mass is 16.6. The summed E-state index contributed by atoms with van der Waals surface area (Å²) in [6.07, 6.45) is 13.9. The van der Waals surface area contributed by atoms with Crippen LogP contribution >= 0.6 is 0 Å². The van der Waals surface area contributed by atoms with Crippen molar-refractivity contribution in [2.24, 2.45) is 0 Å². The van der Waals surface area contributed by atoms with E-state index in [9.17, 15) is 24.0 Å². The fourth-order valence-corrected chi connectivity index (χ4v) is 4.25. The van der Waals surface area contributed by atoms with Crippen molar-refractivity contribution in [3.8, 4) is 0 Å². The Bertz CT molecular complexity index is 802. The number of hydrogen-bond donors (Lipinski definition) is 6. The zero-order chi connectivity index (χ0) is 33.4. The number of methoxy groups -OCH3 is 1. The average Bonchev–Trinajstić information content (AvgIpc) is 3.03. The molecular formula is C31H60N6O8. The summed E-state index contributed by atoms with van der Waals surface area (Å²) < 4.78 is 14.9. The maximum atomic E-state index is 12.2. The number of nitrogens with one attached hydrogen (secondary N) is 6. The predicted molar refractivity (Wildman–Crippen MR) is 173 cm³/mol. The van der Waals surface area contributed by atoms with Crippen LogP contribution in [-0.4, -0.2) is 89.3 Å². The van der Waals surface area contributed by atoms with Gasteiger partial charge in [-0.3, -0.25) is 0 Å². The van der Waals surface area contributed by atoms with Crippen molar-refractivity contribution in [1.82, 2.24) is 31.9 Å². The number of urea groups is 2. The van der Waals surface area contributed by atoms with Gasteiger partial charge in [0, 0.05) is 19.6 Å². The molecule has 6 amide bonds. The van der Waals surface area contributed by atoms with E-state index in [4.69, 9.17) is 14.2 Å². The highest BCUT2D eigenvalue weighted by Gasteiger charge is 2.21. The van der Waals surface area contributed by atoms with Gasteiger partial charge in [0.25, 0.3) is 0 Å². The highest BCUT2D eigenvalue weighted by molar-refractivity contribution is 5.83. The minimum atomic E-state index is -0.866. The molecule has 0 aliphatic heterocycles. The molecule has 0 rings (SSSR count). The summed E-state index contributed by atoms with van der Waals surface area (Å²) in [6, 6.07) is -1.85. The molecule has 6 N–H and O–H groups in total. The Kier molecular flexibility index (Phi) is 28.2. The van der Waals surface area contributed by atoms with Gasteiger partial charge in [0.15, 0.2) is 0 Å². The summed E-state index contributed by atoms with van der Waals surface area (Å²) >= 11 is 0. The smallest absolute Gasteiger partial charge is 0.407 e. The molecular weight excluding hydrogens is 584 g/mol. The number of ether oxygens (including phenoxy) is 3. The van der Waals surface area contributed by atoms with Crippen LogP contribution in [0.1, 0.15) is 110 Å². The molecule has 0 spiro atoms. The number of esters is 1. The Morgan fingerprint density at radius 2 is 0.933 bits per heavy atom. The van der Waals surface area contributed by atoms with Crippen molar-refractivity contribution < 1.29 is 38.2 Å². The van der Waals surface area contributed by atoms with E-state index in [-0.39, 0.29) is 26.3 Å². The Morgan fingerprint density at radius 3 is 1.44 bits per heavy atom. The lowest BCUT2D eigenvalue weighted by atomic mass is 10.1. The zero-order valence-electron chi connectivity index (χ0n) is 27.9. The van der Waals surface area contributed by atoms with Crippen LogP contribution in [0.15, 0.2) is 0 Å². The van der Waals surface area contributed by atoms with Gasteiger partial charge >= 0.3 is 30.2 Å². The van der Waals surface area contributed by atoms with Crippen molar-refractivity contribution in [3.05, 3.63) is 0 Å². The number of amides is 6. The third kappa shape index (κ3) is 27.8. The molecule has 0 radical (unpaired) electrons. The normalized spacial score (nSPS) is 11.1. The Labute approximate surface area is 269 Å². The van der Waals surface area contributed by atoms with Gasteiger partial charge in [-0.25, -0.2) is 24.0 Å². The van der Waals surface area contributed by atoms with Crippen molar-refractivity contribution >= 4 is 30.2 Å². The van der Waals surface area contributed by atoms with Crippen LogP contribution in [0.4, 0.5) is 19.2 Å². The molecule has 1 unspecified atom stereocenters. The van der Waals surface area contributed by atoms with E-state index in [2.05, 4.69) is 45.7 Å². The maximum absolute atomic E-state index is 12.2. The summed E-state index contributed by atoms with van der Waals surface area (Å²) in [7, 11) is 1.24. The first-order valence-corrected chi connectivity index (χ1v) is 16.8. The number of carbonyl (C=O) groups is 5. The standard InChI is InChI=1S/C31H60N6O8/c1-4-6-8-10-12-15-20-35-30(41)44-24-22-33-28(39)32-19-17-14-18-26(27(38)43-3)37-29(40)34-23-25-45-31(42)36-21-16-13-11-9-7-5-2/h26H,4-25H2,1-3H3,(H,35,41)(H,36,42)(H2,32,33,39)(H2,34,37,40). The van der Waals surface area contributed by atoms with Crippen molar-refractivity contribution in [2.75, 3.05) is 53.0 Å². The summed E-state index contributed by atoms with van der Waals surface area (Å²) in [5.74, 6) is -0.586. The Hall–Kier alpha value is -3.45. The maximum Gasteiger partial charge on any atom is 0.407 e. The lowest BCUT2D eigenvalue weighted by Gasteiger charge is -2.17. The molecule has 0 saturated heterocycles. The van der Waals surface area contributed by atoms with Gasteiger partial charge in [0.05, 0.1) is 20.2 Å². The molecule has 0 saturated carbocycles. The van der Waals surface area contributed by atoms with Crippen LogP contribution in [0.2, 0.25) is 0 Å². The van der Waals surface area contributed by atoms with E-state index < -0.39 is 36.3 Å². The van der Waals surface area contributed by atoms with Crippen LogP contribution < -0.4 is 31.9 Å². The summed E-state index contributed by atoms with van der Waals surface area (Å²) in [4.78, 5) is 59.6. The third-order valence-electron chi connectivity index (χ3n) is 6.84. The van der Waals surface area contributed by atoms with Gasteiger partial charge in [-0.1, -0.05) is 78.1 Å². The number of alkyl carbamates (subject to hydrolysis) is 2. The van der Waals surface area contributed by atoms with E-state index in [0.29, 0.717) is 38.9 Å². The average molecular weight is 645 g/mol. The number of hydrogen-bond acceptors (Lipinski definition) is 8. The number of rotatable bonds is 27. The van der Waals surface area contributed by atoms with Gasteiger partial charge in [-0.2, -0.15) is 0 Å². The molecule has 0 fully saturated rings. The minimum absolute atomic E-state index is 0.00897. The summed E-state index contributed by atoms with van der Waals surface area (Å²) in [5.41, 5.74) is 0. The molecule has 0 heterocycles. The lowest BCUT2D eigenvalue weighted by Crippen LogP contribution is -2.47. The number of unbranched alkanes of at least 4 members (excludes halogenated alkanes) is 11. The number of carbonyl (C=O) groups excluding carboxylic acids is 5. The van der Waals surface area contributed by atoms with E-state index in [1.165, 1.54) is 52.1 Å². The lowest BCUT2D eigenvalue weighted by molar-refractivity contribution is -0.143. The first-order chi connectivity index (χ1) is 21.8. The van der Waals surface area contributed by atoms with Crippen LogP contribution in [-0.2, 0) is 19.0 Å². The SMILES string of the molecule is CCCCCCCCNC(=O)OCCNC(=O)NCCCCC(NC(=O)NCCOC(=O)NCCCCCCCC)C(=O)OC. The topological polar surface area (TPSA) is 185 Å². The van der Waals surface area contributed by atoms with E-state index in [0.717, 1.165) is 32.1 Å². The molecule has 0 aromatic heterocycles. The van der Waals surface area contributed by atoms with E-state index >= 15 is 0 Å². The fraction of sp³-hybridized carbons (Fsp3) is 0.839. The van der Waals surface area contributed by atoms with Gasteiger partial charge < -0.3 is 46.1 Å². The zero-order valence-corrected chi connectivity index (χ0v) is 27.9. The largest absolute Gasteiger partial charge is 0.467 e. The van der Waals surface area contributed by atoms with Crippen LogP contribution in [0.25, 0.3) is 0 Å². The molecule has 1 atom stereocenters. The first-order valence-electron chi connectivity index (χ1n) is 16.8. The molecule has 0 aromatic carbocycles. The van der Waals surface area contributed by atoms with Crippen LogP contribution in [0.5, 0.6) is 0 Å². The molecule has 14 nitrogen and oxygen atoms in total. The molecule has 0 aromatic rings. The van der Waals surface area contributed by atoms with Crippen molar-refractivity contribution in [2.45, 2.75) is 116 Å². The van der Waals surface area contributed by atoms with Crippen LogP contribution in [0, 0.1) is 0 Å². The first kappa shape index (κ1) is 41.5. The Morgan fingerprint density at radius 1 is 0.511 bits per heavy atom.